The zero-order valence-electron chi connectivity index (χ0n) is 11.6. The van der Waals surface area contributed by atoms with Crippen LogP contribution in [0.25, 0.3) is 0 Å². The van der Waals surface area contributed by atoms with Gasteiger partial charge in [-0.1, -0.05) is 37.6 Å². The number of fused-ring (bicyclic) bond motifs is 1. The highest BCUT2D eigenvalue weighted by molar-refractivity contribution is 5.30. The van der Waals surface area contributed by atoms with E-state index in [2.05, 4.69) is 41.4 Å². The molecule has 0 amide bonds. The molecule has 0 atom stereocenters. The van der Waals surface area contributed by atoms with Gasteiger partial charge in [-0.3, -0.25) is 4.90 Å². The molecular weight excluding hydrogens is 220 g/mol. The van der Waals surface area contributed by atoms with Crippen molar-refractivity contribution in [2.75, 3.05) is 19.6 Å². The molecule has 1 aliphatic heterocycles. The topological polar surface area (TPSA) is 15.3 Å². The Morgan fingerprint density at radius 3 is 2.39 bits per heavy atom. The second-order valence-electron chi connectivity index (χ2n) is 5.29. The summed E-state index contributed by atoms with van der Waals surface area (Å²) >= 11 is 0. The molecule has 1 aromatic rings. The summed E-state index contributed by atoms with van der Waals surface area (Å²) in [6.45, 7) is 8.14. The molecule has 1 heterocycles. The molecule has 18 heavy (non-hydrogen) atoms. The summed E-state index contributed by atoms with van der Waals surface area (Å²) in [6, 6.07) is 8.84. The van der Waals surface area contributed by atoms with Crippen LogP contribution in [0.2, 0.25) is 0 Å². The van der Waals surface area contributed by atoms with Crippen LogP contribution in [0.5, 0.6) is 0 Å². The van der Waals surface area contributed by atoms with E-state index in [-0.39, 0.29) is 0 Å². The Bertz CT molecular complexity index is 324. The molecule has 0 saturated carbocycles. The van der Waals surface area contributed by atoms with Crippen LogP contribution < -0.4 is 5.32 Å². The van der Waals surface area contributed by atoms with E-state index in [1.54, 1.807) is 0 Å². The SMILES string of the molecule is CCCNCCCCCN1Cc2ccccc2C1. The predicted octanol–water partition coefficient (Wildman–Crippen LogP) is 3.17. The lowest BCUT2D eigenvalue weighted by atomic mass is 10.1. The van der Waals surface area contributed by atoms with Gasteiger partial charge in [0.25, 0.3) is 0 Å². The molecule has 2 nitrogen and oxygen atoms in total. The molecule has 2 heteroatoms. The molecule has 0 fully saturated rings. The lowest BCUT2D eigenvalue weighted by Gasteiger charge is -2.14. The zero-order valence-corrected chi connectivity index (χ0v) is 11.6. The molecule has 0 spiro atoms. The fourth-order valence-electron chi connectivity index (χ4n) is 2.63. The molecule has 0 unspecified atom stereocenters. The monoisotopic (exact) mass is 246 g/mol. The van der Waals surface area contributed by atoms with Crippen LogP contribution in [0.4, 0.5) is 0 Å². The van der Waals surface area contributed by atoms with E-state index in [4.69, 9.17) is 0 Å². The summed E-state index contributed by atoms with van der Waals surface area (Å²) in [4.78, 5) is 2.57. The first-order chi connectivity index (χ1) is 8.90. The Morgan fingerprint density at radius 1 is 1.00 bits per heavy atom. The first-order valence-corrected chi connectivity index (χ1v) is 7.40. The standard InChI is InChI=1S/C16H26N2/c1-2-10-17-11-6-3-7-12-18-13-15-8-4-5-9-16(15)14-18/h4-5,8-9,17H,2-3,6-7,10-14H2,1H3. The highest BCUT2D eigenvalue weighted by atomic mass is 15.1. The van der Waals surface area contributed by atoms with Gasteiger partial charge in [-0.25, -0.2) is 0 Å². The van der Waals surface area contributed by atoms with Crippen molar-refractivity contribution >= 4 is 0 Å². The zero-order chi connectivity index (χ0) is 12.6. The number of hydrogen-bond donors (Lipinski definition) is 1. The van der Waals surface area contributed by atoms with Crippen LogP contribution in [0.1, 0.15) is 43.7 Å². The molecule has 1 N–H and O–H groups in total. The lowest BCUT2D eigenvalue weighted by molar-refractivity contribution is 0.276. The molecule has 1 aliphatic rings. The highest BCUT2D eigenvalue weighted by Gasteiger charge is 2.16. The Balaban J connectivity index is 1.54. The molecule has 0 bridgehead atoms. The Morgan fingerprint density at radius 2 is 1.72 bits per heavy atom. The summed E-state index contributed by atoms with van der Waals surface area (Å²) in [5.41, 5.74) is 3.06. The van der Waals surface area contributed by atoms with Crippen LogP contribution in [0.3, 0.4) is 0 Å². The molecule has 0 aromatic heterocycles. The van der Waals surface area contributed by atoms with Gasteiger partial charge in [0.1, 0.15) is 0 Å². The summed E-state index contributed by atoms with van der Waals surface area (Å²) < 4.78 is 0. The normalized spacial score (nSPS) is 14.9. The molecule has 100 valence electrons. The van der Waals surface area contributed by atoms with Crippen LogP contribution in [0.15, 0.2) is 24.3 Å². The van der Waals surface area contributed by atoms with E-state index in [0.717, 1.165) is 13.1 Å². The lowest BCUT2D eigenvalue weighted by Crippen LogP contribution is -2.19. The van der Waals surface area contributed by atoms with Crippen LogP contribution in [0, 0.1) is 0 Å². The van der Waals surface area contributed by atoms with Crippen LogP contribution in [-0.4, -0.2) is 24.5 Å². The van der Waals surface area contributed by atoms with Crippen molar-refractivity contribution in [3.05, 3.63) is 35.4 Å². The largest absolute Gasteiger partial charge is 0.317 e. The third-order valence-corrected chi connectivity index (χ3v) is 3.66. The van der Waals surface area contributed by atoms with Crippen molar-refractivity contribution in [2.24, 2.45) is 0 Å². The van der Waals surface area contributed by atoms with E-state index < -0.39 is 0 Å². The number of nitrogens with one attached hydrogen (secondary N) is 1. The molecule has 0 saturated heterocycles. The minimum absolute atomic E-state index is 1.16. The fraction of sp³-hybridized carbons (Fsp3) is 0.625. The van der Waals surface area contributed by atoms with Gasteiger partial charge in [0.05, 0.1) is 0 Å². The van der Waals surface area contributed by atoms with Crippen molar-refractivity contribution in [3.63, 3.8) is 0 Å². The average Bonchev–Trinajstić information content (AvgIpc) is 2.80. The molecular formula is C16H26N2. The summed E-state index contributed by atoms with van der Waals surface area (Å²) in [5, 5.41) is 3.46. The van der Waals surface area contributed by atoms with Crippen LogP contribution >= 0.6 is 0 Å². The van der Waals surface area contributed by atoms with Gasteiger partial charge in [-0.2, -0.15) is 0 Å². The highest BCUT2D eigenvalue weighted by Crippen LogP contribution is 2.22. The number of unbranched alkanes of at least 4 members (excludes halogenated alkanes) is 2. The quantitative estimate of drug-likeness (QED) is 0.709. The predicted molar refractivity (Wildman–Crippen MR) is 77.6 cm³/mol. The van der Waals surface area contributed by atoms with Gasteiger partial charge in [0.15, 0.2) is 0 Å². The second kappa shape index (κ2) is 7.55. The number of benzene rings is 1. The van der Waals surface area contributed by atoms with Gasteiger partial charge < -0.3 is 5.32 Å². The van der Waals surface area contributed by atoms with Gasteiger partial charge in [0.2, 0.25) is 0 Å². The maximum absolute atomic E-state index is 3.46. The summed E-state index contributed by atoms with van der Waals surface area (Å²) in [6.07, 6.45) is 5.25. The van der Waals surface area contributed by atoms with Crippen molar-refractivity contribution in [1.29, 1.82) is 0 Å². The fourth-order valence-corrected chi connectivity index (χ4v) is 2.63. The van der Waals surface area contributed by atoms with Crippen molar-refractivity contribution < 1.29 is 0 Å². The van der Waals surface area contributed by atoms with E-state index in [0.29, 0.717) is 0 Å². The first kappa shape index (κ1) is 13.6. The minimum atomic E-state index is 1.16. The number of nitrogens with zero attached hydrogens (tertiary/aromatic N) is 1. The average molecular weight is 246 g/mol. The van der Waals surface area contributed by atoms with Crippen molar-refractivity contribution in [3.8, 4) is 0 Å². The third-order valence-electron chi connectivity index (χ3n) is 3.66. The summed E-state index contributed by atoms with van der Waals surface area (Å²) in [5.74, 6) is 0. The number of hydrogen-bond acceptors (Lipinski definition) is 2. The van der Waals surface area contributed by atoms with E-state index in [1.165, 1.54) is 56.4 Å². The van der Waals surface area contributed by atoms with Crippen LogP contribution in [-0.2, 0) is 13.1 Å². The summed E-state index contributed by atoms with van der Waals surface area (Å²) in [7, 11) is 0. The van der Waals surface area contributed by atoms with Crippen molar-refractivity contribution in [1.82, 2.24) is 10.2 Å². The molecule has 0 radical (unpaired) electrons. The Kier molecular flexibility index (Phi) is 5.69. The minimum Gasteiger partial charge on any atom is -0.317 e. The maximum Gasteiger partial charge on any atom is 0.0240 e. The third kappa shape index (κ3) is 4.11. The number of rotatable bonds is 8. The van der Waals surface area contributed by atoms with E-state index in [9.17, 15) is 0 Å². The molecule has 0 aliphatic carbocycles. The maximum atomic E-state index is 3.46. The van der Waals surface area contributed by atoms with E-state index >= 15 is 0 Å². The molecule has 2 rings (SSSR count). The van der Waals surface area contributed by atoms with Gasteiger partial charge in [-0.05, 0) is 50.0 Å². The Labute approximate surface area is 111 Å². The van der Waals surface area contributed by atoms with Crippen molar-refractivity contribution in [2.45, 2.75) is 45.7 Å². The van der Waals surface area contributed by atoms with Gasteiger partial charge in [-0.15, -0.1) is 0 Å². The van der Waals surface area contributed by atoms with E-state index in [1.807, 2.05) is 0 Å². The van der Waals surface area contributed by atoms with Gasteiger partial charge >= 0.3 is 0 Å². The first-order valence-electron chi connectivity index (χ1n) is 7.40. The smallest absolute Gasteiger partial charge is 0.0240 e. The van der Waals surface area contributed by atoms with Gasteiger partial charge in [0, 0.05) is 13.1 Å². The second-order valence-corrected chi connectivity index (χ2v) is 5.29. The Hall–Kier alpha value is -0.860. The molecule has 1 aromatic carbocycles.